The van der Waals surface area contributed by atoms with Crippen molar-refractivity contribution in [3.63, 3.8) is 0 Å². The van der Waals surface area contributed by atoms with Crippen LogP contribution in [0.3, 0.4) is 0 Å². The standard InChI is InChI=1S/C18H21Cl2N3O4S/c1-5-22(6-2)28(26,27)16-9-13(14(19)10-15(16)20)18(25)21-23-12(4)7-11(3)8-17(23)24/h7-10H,5-6H2,1-4H3,(H,21,25). The Labute approximate surface area is 173 Å². The van der Waals surface area contributed by atoms with Crippen LogP contribution in [0.25, 0.3) is 0 Å². The molecule has 2 aromatic rings. The summed E-state index contributed by atoms with van der Waals surface area (Å²) < 4.78 is 27.9. The summed E-state index contributed by atoms with van der Waals surface area (Å²) in [6, 6.07) is 5.43. The molecule has 7 nitrogen and oxygen atoms in total. The van der Waals surface area contributed by atoms with E-state index in [1.807, 2.05) is 0 Å². The fourth-order valence-corrected chi connectivity index (χ4v) is 5.07. The Balaban J connectivity index is 2.53. The van der Waals surface area contributed by atoms with E-state index in [2.05, 4.69) is 5.43 Å². The highest BCUT2D eigenvalue weighted by molar-refractivity contribution is 7.89. The molecule has 0 atom stereocenters. The Morgan fingerprint density at radius 1 is 1.07 bits per heavy atom. The summed E-state index contributed by atoms with van der Waals surface area (Å²) in [5, 5.41) is -0.115. The molecule has 152 valence electrons. The van der Waals surface area contributed by atoms with Gasteiger partial charge in [0.25, 0.3) is 11.5 Å². The van der Waals surface area contributed by atoms with Crippen LogP contribution >= 0.6 is 23.2 Å². The number of rotatable bonds is 6. The molecule has 0 bridgehead atoms. The Bertz CT molecular complexity index is 1080. The van der Waals surface area contributed by atoms with Crippen molar-refractivity contribution in [2.45, 2.75) is 32.6 Å². The largest absolute Gasteiger partial charge is 0.271 e. The number of hydrogen-bond acceptors (Lipinski definition) is 4. The molecule has 1 aromatic carbocycles. The summed E-state index contributed by atoms with van der Waals surface area (Å²) in [4.78, 5) is 24.6. The van der Waals surface area contributed by atoms with Crippen molar-refractivity contribution >= 4 is 39.1 Å². The molecule has 1 aromatic heterocycles. The number of aromatic nitrogens is 1. The molecule has 1 amide bonds. The van der Waals surface area contributed by atoms with Crippen molar-refractivity contribution in [3.05, 3.63) is 61.5 Å². The van der Waals surface area contributed by atoms with E-state index in [1.54, 1.807) is 33.8 Å². The molecule has 10 heteroatoms. The van der Waals surface area contributed by atoms with Crippen LogP contribution in [0.5, 0.6) is 0 Å². The second-order valence-electron chi connectivity index (χ2n) is 6.14. The second kappa shape index (κ2) is 8.65. The maximum Gasteiger partial charge on any atom is 0.271 e. The first-order valence-electron chi connectivity index (χ1n) is 8.53. The lowest BCUT2D eigenvalue weighted by molar-refractivity contribution is 0.101. The van der Waals surface area contributed by atoms with E-state index in [0.717, 1.165) is 16.3 Å². The molecule has 2 rings (SSSR count). The molecule has 1 N–H and O–H groups in total. The van der Waals surface area contributed by atoms with Gasteiger partial charge >= 0.3 is 0 Å². The van der Waals surface area contributed by atoms with E-state index in [-0.39, 0.29) is 33.6 Å². The first-order chi connectivity index (χ1) is 13.0. The van der Waals surface area contributed by atoms with E-state index in [1.165, 1.54) is 16.4 Å². The molecule has 0 aliphatic rings. The smallest absolute Gasteiger partial charge is 0.267 e. The lowest BCUT2D eigenvalue weighted by Gasteiger charge is -2.20. The van der Waals surface area contributed by atoms with Crippen molar-refractivity contribution in [1.29, 1.82) is 0 Å². The van der Waals surface area contributed by atoms with E-state index in [0.29, 0.717) is 5.69 Å². The van der Waals surface area contributed by atoms with Crippen molar-refractivity contribution in [3.8, 4) is 0 Å². The number of nitrogens with one attached hydrogen (secondary N) is 1. The Kier molecular flexibility index (Phi) is 6.93. The molecule has 0 fully saturated rings. The van der Waals surface area contributed by atoms with Crippen LogP contribution in [0, 0.1) is 13.8 Å². The van der Waals surface area contributed by atoms with E-state index in [9.17, 15) is 18.0 Å². The highest BCUT2D eigenvalue weighted by Gasteiger charge is 2.27. The summed E-state index contributed by atoms with van der Waals surface area (Å²) in [6.45, 7) is 7.32. The maximum absolute atomic E-state index is 12.8. The number of hydrogen-bond donors (Lipinski definition) is 1. The summed E-state index contributed by atoms with van der Waals surface area (Å²) >= 11 is 12.2. The van der Waals surface area contributed by atoms with Gasteiger partial charge in [-0.25, -0.2) is 13.1 Å². The van der Waals surface area contributed by atoms with Crippen LogP contribution in [-0.4, -0.2) is 36.4 Å². The number of sulfonamides is 1. The number of amides is 1. The van der Waals surface area contributed by atoms with E-state index in [4.69, 9.17) is 23.2 Å². The predicted octanol–water partition coefficient (Wildman–Crippen LogP) is 3.19. The highest BCUT2D eigenvalue weighted by Crippen LogP contribution is 2.30. The monoisotopic (exact) mass is 445 g/mol. The highest BCUT2D eigenvalue weighted by atomic mass is 35.5. The lowest BCUT2D eigenvalue weighted by atomic mass is 10.2. The number of pyridine rings is 1. The van der Waals surface area contributed by atoms with Crippen LogP contribution in [-0.2, 0) is 10.0 Å². The molecule has 0 unspecified atom stereocenters. The molecule has 0 radical (unpaired) electrons. The van der Waals surface area contributed by atoms with Gasteiger partial charge in [0.1, 0.15) is 4.90 Å². The van der Waals surface area contributed by atoms with Crippen molar-refractivity contribution in [2.24, 2.45) is 0 Å². The molecule has 0 spiro atoms. The first-order valence-corrected chi connectivity index (χ1v) is 10.7. The van der Waals surface area contributed by atoms with Crippen LogP contribution < -0.4 is 11.0 Å². The first kappa shape index (κ1) is 22.4. The van der Waals surface area contributed by atoms with Gasteiger partial charge in [0.15, 0.2) is 0 Å². The maximum atomic E-state index is 12.8. The predicted molar refractivity (Wildman–Crippen MR) is 110 cm³/mol. The van der Waals surface area contributed by atoms with Gasteiger partial charge in [-0.05, 0) is 37.6 Å². The number of nitrogens with zero attached hydrogens (tertiary/aromatic N) is 2. The number of aryl methyl sites for hydroxylation is 2. The van der Waals surface area contributed by atoms with Gasteiger partial charge in [0, 0.05) is 24.8 Å². The number of benzene rings is 1. The van der Waals surface area contributed by atoms with Gasteiger partial charge in [-0.1, -0.05) is 37.0 Å². The zero-order chi connectivity index (χ0) is 21.2. The van der Waals surface area contributed by atoms with E-state index >= 15 is 0 Å². The lowest BCUT2D eigenvalue weighted by Crippen LogP contribution is -2.35. The van der Waals surface area contributed by atoms with Crippen LogP contribution in [0.2, 0.25) is 10.0 Å². The number of halogens is 2. The average molecular weight is 446 g/mol. The van der Waals surface area contributed by atoms with Gasteiger partial charge in [0.05, 0.1) is 15.6 Å². The quantitative estimate of drug-likeness (QED) is 0.738. The third-order valence-electron chi connectivity index (χ3n) is 4.16. The molecular weight excluding hydrogens is 425 g/mol. The van der Waals surface area contributed by atoms with Gasteiger partial charge in [0.2, 0.25) is 10.0 Å². The molecular formula is C18H21Cl2N3O4S. The van der Waals surface area contributed by atoms with E-state index < -0.39 is 21.5 Å². The molecule has 28 heavy (non-hydrogen) atoms. The Hall–Kier alpha value is -1.87. The third-order valence-corrected chi connectivity index (χ3v) is 6.99. The molecule has 1 heterocycles. The fraction of sp³-hybridized carbons (Fsp3) is 0.333. The summed E-state index contributed by atoms with van der Waals surface area (Å²) in [7, 11) is -3.91. The zero-order valence-corrected chi connectivity index (χ0v) is 18.2. The van der Waals surface area contributed by atoms with Crippen LogP contribution in [0.15, 0.2) is 34.0 Å². The third kappa shape index (κ3) is 4.41. The average Bonchev–Trinajstić information content (AvgIpc) is 2.58. The molecule has 0 aliphatic heterocycles. The second-order valence-corrected chi connectivity index (χ2v) is 8.86. The SMILES string of the molecule is CCN(CC)S(=O)(=O)c1cc(C(=O)Nn2c(C)cc(C)cc2=O)c(Cl)cc1Cl. The minimum atomic E-state index is -3.91. The number of carbonyl (C=O) groups is 1. The van der Waals surface area contributed by atoms with Crippen molar-refractivity contribution in [1.82, 2.24) is 8.98 Å². The van der Waals surface area contributed by atoms with Gasteiger partial charge in [-0.15, -0.1) is 0 Å². The van der Waals surface area contributed by atoms with Crippen LogP contribution in [0.1, 0.15) is 35.5 Å². The number of carbonyl (C=O) groups excluding carboxylic acids is 1. The summed E-state index contributed by atoms with van der Waals surface area (Å²) in [5.41, 5.74) is 3.18. The minimum Gasteiger partial charge on any atom is -0.267 e. The van der Waals surface area contributed by atoms with Gasteiger partial charge in [-0.2, -0.15) is 4.31 Å². The molecule has 0 saturated carbocycles. The van der Waals surface area contributed by atoms with Crippen molar-refractivity contribution < 1.29 is 13.2 Å². The summed E-state index contributed by atoms with van der Waals surface area (Å²) in [6.07, 6.45) is 0. The molecule has 0 aliphatic carbocycles. The van der Waals surface area contributed by atoms with Crippen LogP contribution in [0.4, 0.5) is 0 Å². The Morgan fingerprint density at radius 3 is 2.21 bits per heavy atom. The Morgan fingerprint density at radius 2 is 1.68 bits per heavy atom. The van der Waals surface area contributed by atoms with Crippen molar-refractivity contribution in [2.75, 3.05) is 18.5 Å². The normalized spacial score (nSPS) is 11.7. The fourth-order valence-electron chi connectivity index (χ4n) is 2.78. The summed E-state index contributed by atoms with van der Waals surface area (Å²) in [5.74, 6) is -0.730. The zero-order valence-electron chi connectivity index (χ0n) is 15.9. The molecule has 0 saturated heterocycles. The minimum absolute atomic E-state index is 0.0289. The van der Waals surface area contributed by atoms with Gasteiger partial charge in [-0.3, -0.25) is 15.0 Å². The van der Waals surface area contributed by atoms with Gasteiger partial charge < -0.3 is 0 Å². The topological polar surface area (TPSA) is 88.5 Å².